The van der Waals surface area contributed by atoms with E-state index in [-0.39, 0.29) is 5.91 Å². The van der Waals surface area contributed by atoms with E-state index in [0.717, 1.165) is 30.9 Å². The highest BCUT2D eigenvalue weighted by molar-refractivity contribution is 5.76. The quantitative estimate of drug-likeness (QED) is 0.816. The Kier molecular flexibility index (Phi) is 7.54. The molecule has 4 nitrogen and oxygen atoms in total. The smallest absolute Gasteiger partial charge is 0.220 e. The molecule has 1 aliphatic rings. The molecule has 1 aliphatic heterocycles. The fourth-order valence-corrected chi connectivity index (χ4v) is 3.41. The van der Waals surface area contributed by atoms with Gasteiger partial charge in [-0.15, -0.1) is 0 Å². The van der Waals surface area contributed by atoms with Crippen molar-refractivity contribution in [3.05, 3.63) is 23.9 Å². The molecule has 0 spiro atoms. The number of hydrogen-bond donors (Lipinski definition) is 1. The van der Waals surface area contributed by atoms with Gasteiger partial charge in [0.1, 0.15) is 5.82 Å². The van der Waals surface area contributed by atoms with Crippen LogP contribution in [0.25, 0.3) is 0 Å². The lowest BCUT2D eigenvalue weighted by Gasteiger charge is -2.22. The van der Waals surface area contributed by atoms with Crippen LogP contribution in [0.15, 0.2) is 18.3 Å². The topological polar surface area (TPSA) is 45.2 Å². The molecule has 4 heteroatoms. The first-order valence-corrected chi connectivity index (χ1v) is 9.56. The van der Waals surface area contributed by atoms with Gasteiger partial charge in [0, 0.05) is 32.3 Å². The predicted molar refractivity (Wildman–Crippen MR) is 100 cm³/mol. The SMILES string of the molecule is CCC(CC(=O)NCc1ccnc(N2CCCCCC2)c1)C(C)C. The highest BCUT2D eigenvalue weighted by atomic mass is 16.1. The van der Waals surface area contributed by atoms with Crippen molar-refractivity contribution in [2.75, 3.05) is 18.0 Å². The molecule has 0 radical (unpaired) electrons. The summed E-state index contributed by atoms with van der Waals surface area (Å²) in [4.78, 5) is 19.1. The van der Waals surface area contributed by atoms with Gasteiger partial charge in [0.05, 0.1) is 0 Å². The predicted octanol–water partition coefficient (Wildman–Crippen LogP) is 4.15. The molecule has 1 N–H and O–H groups in total. The summed E-state index contributed by atoms with van der Waals surface area (Å²) in [5.74, 6) is 2.23. The summed E-state index contributed by atoms with van der Waals surface area (Å²) in [6, 6.07) is 4.13. The average molecular weight is 332 g/mol. The fourth-order valence-electron chi connectivity index (χ4n) is 3.41. The summed E-state index contributed by atoms with van der Waals surface area (Å²) in [5, 5.41) is 3.08. The molecule has 0 saturated carbocycles. The molecule has 1 fully saturated rings. The van der Waals surface area contributed by atoms with Crippen LogP contribution in [0.4, 0.5) is 5.82 Å². The van der Waals surface area contributed by atoms with Gasteiger partial charge in [-0.25, -0.2) is 4.98 Å². The largest absolute Gasteiger partial charge is 0.357 e. The maximum atomic E-state index is 12.2. The minimum atomic E-state index is 0.156. The van der Waals surface area contributed by atoms with Crippen molar-refractivity contribution in [3.63, 3.8) is 0 Å². The molecule has 0 aliphatic carbocycles. The van der Waals surface area contributed by atoms with E-state index in [2.05, 4.69) is 42.0 Å². The number of anilines is 1. The maximum Gasteiger partial charge on any atom is 0.220 e. The molecule has 1 saturated heterocycles. The summed E-state index contributed by atoms with van der Waals surface area (Å²) in [5.41, 5.74) is 1.13. The van der Waals surface area contributed by atoms with E-state index in [4.69, 9.17) is 0 Å². The Balaban J connectivity index is 1.88. The van der Waals surface area contributed by atoms with Crippen molar-refractivity contribution >= 4 is 11.7 Å². The van der Waals surface area contributed by atoms with Crippen LogP contribution in [0.3, 0.4) is 0 Å². The second-order valence-electron chi connectivity index (χ2n) is 7.32. The van der Waals surface area contributed by atoms with Crippen molar-refractivity contribution in [1.82, 2.24) is 10.3 Å². The van der Waals surface area contributed by atoms with E-state index in [1.54, 1.807) is 0 Å². The zero-order chi connectivity index (χ0) is 17.4. The molecule has 2 rings (SSSR count). The van der Waals surface area contributed by atoms with E-state index in [1.165, 1.54) is 25.7 Å². The number of pyridine rings is 1. The lowest BCUT2D eigenvalue weighted by molar-refractivity contribution is -0.122. The number of hydrogen-bond acceptors (Lipinski definition) is 3. The molecular weight excluding hydrogens is 298 g/mol. The molecule has 1 aromatic heterocycles. The molecule has 1 aromatic rings. The van der Waals surface area contributed by atoms with Gasteiger partial charge in [-0.05, 0) is 42.4 Å². The number of carbonyl (C=O) groups excluding carboxylic acids is 1. The summed E-state index contributed by atoms with van der Waals surface area (Å²) in [7, 11) is 0. The summed E-state index contributed by atoms with van der Waals surface area (Å²) in [6.07, 6.45) is 8.68. The van der Waals surface area contributed by atoms with Gasteiger partial charge in [0.2, 0.25) is 5.91 Å². The zero-order valence-corrected chi connectivity index (χ0v) is 15.6. The molecule has 2 heterocycles. The molecule has 134 valence electrons. The Hall–Kier alpha value is -1.58. The van der Waals surface area contributed by atoms with Crippen LogP contribution >= 0.6 is 0 Å². The van der Waals surface area contributed by atoms with Gasteiger partial charge in [0.25, 0.3) is 0 Å². The minimum absolute atomic E-state index is 0.156. The minimum Gasteiger partial charge on any atom is -0.357 e. The van der Waals surface area contributed by atoms with Crippen LogP contribution in [0.2, 0.25) is 0 Å². The van der Waals surface area contributed by atoms with Gasteiger partial charge in [-0.2, -0.15) is 0 Å². The molecule has 24 heavy (non-hydrogen) atoms. The molecule has 0 aromatic carbocycles. The van der Waals surface area contributed by atoms with Crippen LogP contribution in [0.1, 0.15) is 64.9 Å². The second-order valence-corrected chi connectivity index (χ2v) is 7.32. The van der Waals surface area contributed by atoms with Gasteiger partial charge < -0.3 is 10.2 Å². The van der Waals surface area contributed by atoms with Crippen LogP contribution in [0, 0.1) is 11.8 Å². The third kappa shape index (κ3) is 5.81. The maximum absolute atomic E-state index is 12.2. The third-order valence-electron chi connectivity index (χ3n) is 5.14. The first-order chi connectivity index (χ1) is 11.6. The van der Waals surface area contributed by atoms with E-state index in [0.29, 0.717) is 24.8 Å². The zero-order valence-electron chi connectivity index (χ0n) is 15.6. The number of nitrogens with zero attached hydrogens (tertiary/aromatic N) is 2. The third-order valence-corrected chi connectivity index (χ3v) is 5.14. The van der Waals surface area contributed by atoms with Gasteiger partial charge in [-0.3, -0.25) is 4.79 Å². The van der Waals surface area contributed by atoms with Gasteiger partial charge >= 0.3 is 0 Å². The van der Waals surface area contributed by atoms with Gasteiger partial charge in [0.15, 0.2) is 0 Å². The Morgan fingerprint density at radius 1 is 1.25 bits per heavy atom. The Bertz CT molecular complexity index is 507. The van der Waals surface area contributed by atoms with Crippen LogP contribution in [-0.4, -0.2) is 24.0 Å². The van der Waals surface area contributed by atoms with E-state index in [1.807, 2.05) is 12.3 Å². The molecule has 1 unspecified atom stereocenters. The Morgan fingerprint density at radius 3 is 2.58 bits per heavy atom. The molecule has 0 bridgehead atoms. The van der Waals surface area contributed by atoms with E-state index in [9.17, 15) is 4.79 Å². The Morgan fingerprint density at radius 2 is 1.96 bits per heavy atom. The average Bonchev–Trinajstić information content (AvgIpc) is 2.87. The number of rotatable bonds is 7. The molecule has 1 amide bonds. The van der Waals surface area contributed by atoms with Crippen LogP contribution < -0.4 is 10.2 Å². The van der Waals surface area contributed by atoms with Crippen LogP contribution in [0.5, 0.6) is 0 Å². The van der Waals surface area contributed by atoms with Gasteiger partial charge in [-0.1, -0.05) is 40.0 Å². The van der Waals surface area contributed by atoms with Crippen molar-refractivity contribution in [2.24, 2.45) is 11.8 Å². The first kappa shape index (κ1) is 18.8. The summed E-state index contributed by atoms with van der Waals surface area (Å²) in [6.45, 7) is 9.32. The monoisotopic (exact) mass is 331 g/mol. The number of amides is 1. The Labute approximate surface area is 147 Å². The standard InChI is InChI=1S/C20H33N3O/c1-4-18(16(2)3)14-20(24)22-15-17-9-10-21-19(13-17)23-11-7-5-6-8-12-23/h9-10,13,16,18H,4-8,11-12,14-15H2,1-3H3,(H,22,24). The highest BCUT2D eigenvalue weighted by Crippen LogP contribution is 2.20. The van der Waals surface area contributed by atoms with Crippen molar-refractivity contribution in [2.45, 2.75) is 65.8 Å². The second kappa shape index (κ2) is 9.65. The number of aromatic nitrogens is 1. The lowest BCUT2D eigenvalue weighted by atomic mass is 9.90. The number of nitrogens with one attached hydrogen (secondary N) is 1. The summed E-state index contributed by atoms with van der Waals surface area (Å²) < 4.78 is 0. The lowest BCUT2D eigenvalue weighted by Crippen LogP contribution is -2.27. The van der Waals surface area contributed by atoms with E-state index < -0.39 is 0 Å². The normalized spacial score (nSPS) is 16.8. The van der Waals surface area contributed by atoms with Crippen molar-refractivity contribution in [3.8, 4) is 0 Å². The summed E-state index contributed by atoms with van der Waals surface area (Å²) >= 11 is 0. The highest BCUT2D eigenvalue weighted by Gasteiger charge is 2.16. The van der Waals surface area contributed by atoms with Crippen molar-refractivity contribution < 1.29 is 4.79 Å². The first-order valence-electron chi connectivity index (χ1n) is 9.56. The molecular formula is C20H33N3O. The van der Waals surface area contributed by atoms with Crippen molar-refractivity contribution in [1.29, 1.82) is 0 Å². The van der Waals surface area contributed by atoms with E-state index >= 15 is 0 Å². The fraction of sp³-hybridized carbons (Fsp3) is 0.700. The van der Waals surface area contributed by atoms with Crippen LogP contribution in [-0.2, 0) is 11.3 Å². The molecule has 1 atom stereocenters. The number of carbonyl (C=O) groups is 1.